The Bertz CT molecular complexity index is 466. The minimum absolute atomic E-state index is 0.0887. The summed E-state index contributed by atoms with van der Waals surface area (Å²) in [4.78, 5) is 10.7. The van der Waals surface area contributed by atoms with E-state index >= 15 is 0 Å². The second-order valence-corrected chi connectivity index (χ2v) is 5.66. The number of ether oxygens (including phenoxy) is 1. The predicted octanol–water partition coefficient (Wildman–Crippen LogP) is 2.82. The van der Waals surface area contributed by atoms with Gasteiger partial charge in [-0.2, -0.15) is 0 Å². The normalized spacial score (nSPS) is 16.2. The molecule has 1 heterocycles. The lowest BCUT2D eigenvalue weighted by Crippen LogP contribution is -2.27. The van der Waals surface area contributed by atoms with Crippen molar-refractivity contribution < 1.29 is 9.53 Å². The van der Waals surface area contributed by atoms with Gasteiger partial charge in [-0.15, -0.1) is 0 Å². The Balaban J connectivity index is 2.33. The van der Waals surface area contributed by atoms with E-state index < -0.39 is 0 Å². The van der Waals surface area contributed by atoms with Crippen LogP contribution in [-0.4, -0.2) is 25.6 Å². The Kier molecular flexibility index (Phi) is 5.01. The molecule has 1 aromatic carbocycles. The molecular weight excluding hydrogens is 252 g/mol. The molecule has 1 amide bonds. The minimum atomic E-state index is 0.0887. The monoisotopic (exact) mass is 276 g/mol. The third kappa shape index (κ3) is 3.51. The van der Waals surface area contributed by atoms with Gasteiger partial charge in [-0.3, -0.25) is 4.79 Å². The van der Waals surface area contributed by atoms with E-state index in [0.717, 1.165) is 37.4 Å². The zero-order valence-electron chi connectivity index (χ0n) is 12.5. The molecule has 4 nitrogen and oxygen atoms in total. The number of carbonyl (C=O) groups is 1. The summed E-state index contributed by atoms with van der Waals surface area (Å²) in [6.45, 7) is 8.23. The van der Waals surface area contributed by atoms with Crippen molar-refractivity contribution in [2.24, 2.45) is 0 Å². The van der Waals surface area contributed by atoms with E-state index in [4.69, 9.17) is 4.74 Å². The number of anilines is 1. The molecule has 0 unspecified atom stereocenters. The van der Waals surface area contributed by atoms with E-state index in [-0.39, 0.29) is 6.10 Å². The molecule has 0 bridgehead atoms. The second-order valence-electron chi connectivity index (χ2n) is 5.66. The fraction of sp³-hybridized carbons (Fsp3) is 0.562. The average Bonchev–Trinajstić information content (AvgIpc) is 2.42. The second kappa shape index (κ2) is 6.75. The molecule has 1 saturated heterocycles. The maximum atomic E-state index is 10.7. The average molecular weight is 276 g/mol. The van der Waals surface area contributed by atoms with Gasteiger partial charge in [-0.05, 0) is 75.9 Å². The molecule has 0 aromatic heterocycles. The van der Waals surface area contributed by atoms with Gasteiger partial charge >= 0.3 is 0 Å². The SMILES string of the molecule is Cc1cc(NC=O)c(OC(C)C)cc1C1CCNCC1. The highest BCUT2D eigenvalue weighted by molar-refractivity contribution is 5.76. The highest BCUT2D eigenvalue weighted by Crippen LogP contribution is 2.35. The first-order valence-electron chi connectivity index (χ1n) is 7.34. The van der Waals surface area contributed by atoms with Crippen LogP contribution in [0.5, 0.6) is 5.75 Å². The van der Waals surface area contributed by atoms with E-state index in [2.05, 4.69) is 23.6 Å². The number of benzene rings is 1. The molecule has 1 aromatic rings. The highest BCUT2D eigenvalue weighted by Gasteiger charge is 2.19. The van der Waals surface area contributed by atoms with Crippen LogP contribution < -0.4 is 15.4 Å². The number of rotatable bonds is 5. The zero-order valence-corrected chi connectivity index (χ0v) is 12.5. The topological polar surface area (TPSA) is 50.4 Å². The molecule has 4 heteroatoms. The van der Waals surface area contributed by atoms with Crippen molar-refractivity contribution in [2.45, 2.75) is 45.6 Å². The Morgan fingerprint density at radius 2 is 2.05 bits per heavy atom. The van der Waals surface area contributed by atoms with Gasteiger partial charge in [0.1, 0.15) is 5.75 Å². The van der Waals surface area contributed by atoms with Gasteiger partial charge in [0.25, 0.3) is 0 Å². The van der Waals surface area contributed by atoms with Crippen LogP contribution in [0.2, 0.25) is 0 Å². The third-order valence-corrected chi connectivity index (χ3v) is 3.72. The van der Waals surface area contributed by atoms with E-state index in [1.807, 2.05) is 19.9 Å². The van der Waals surface area contributed by atoms with Crippen molar-refractivity contribution in [2.75, 3.05) is 18.4 Å². The Hall–Kier alpha value is -1.55. The van der Waals surface area contributed by atoms with Crippen molar-refractivity contribution in [3.8, 4) is 5.75 Å². The Labute approximate surface area is 120 Å². The lowest BCUT2D eigenvalue weighted by molar-refractivity contribution is -0.105. The van der Waals surface area contributed by atoms with Gasteiger partial charge in [0.05, 0.1) is 11.8 Å². The lowest BCUT2D eigenvalue weighted by atomic mass is 9.87. The van der Waals surface area contributed by atoms with E-state index in [0.29, 0.717) is 12.3 Å². The summed E-state index contributed by atoms with van der Waals surface area (Å²) in [5, 5.41) is 6.13. The van der Waals surface area contributed by atoms with E-state index in [1.54, 1.807) is 0 Å². The lowest BCUT2D eigenvalue weighted by Gasteiger charge is -2.26. The van der Waals surface area contributed by atoms with Crippen molar-refractivity contribution in [1.82, 2.24) is 5.32 Å². The van der Waals surface area contributed by atoms with Crippen LogP contribution in [0, 0.1) is 6.92 Å². The van der Waals surface area contributed by atoms with Crippen molar-refractivity contribution in [3.05, 3.63) is 23.3 Å². The van der Waals surface area contributed by atoms with Gasteiger partial charge in [0.15, 0.2) is 0 Å². The molecular formula is C16H24N2O2. The maximum absolute atomic E-state index is 10.7. The fourth-order valence-corrected chi connectivity index (χ4v) is 2.80. The predicted molar refractivity (Wildman–Crippen MR) is 81.5 cm³/mol. The van der Waals surface area contributed by atoms with Crippen LogP contribution >= 0.6 is 0 Å². The number of carbonyl (C=O) groups excluding carboxylic acids is 1. The quantitative estimate of drug-likeness (QED) is 0.813. The van der Waals surface area contributed by atoms with Crippen LogP contribution in [0.1, 0.15) is 43.7 Å². The molecule has 0 spiro atoms. The first kappa shape index (κ1) is 14.9. The first-order chi connectivity index (χ1) is 9.61. The molecule has 1 aliphatic heterocycles. The van der Waals surface area contributed by atoms with Gasteiger partial charge < -0.3 is 15.4 Å². The third-order valence-electron chi connectivity index (χ3n) is 3.72. The Morgan fingerprint density at radius 3 is 2.65 bits per heavy atom. The minimum Gasteiger partial charge on any atom is -0.489 e. The largest absolute Gasteiger partial charge is 0.489 e. The number of nitrogens with one attached hydrogen (secondary N) is 2. The molecule has 110 valence electrons. The van der Waals surface area contributed by atoms with Gasteiger partial charge in [-0.25, -0.2) is 0 Å². The summed E-state index contributed by atoms with van der Waals surface area (Å²) >= 11 is 0. The number of aryl methyl sites for hydroxylation is 1. The summed E-state index contributed by atoms with van der Waals surface area (Å²) in [7, 11) is 0. The molecule has 0 atom stereocenters. The number of piperidine rings is 1. The summed E-state index contributed by atoms with van der Waals surface area (Å²) in [6.07, 6.45) is 3.10. The van der Waals surface area contributed by atoms with Crippen molar-refractivity contribution in [1.29, 1.82) is 0 Å². The molecule has 2 rings (SSSR count). The standard InChI is InChI=1S/C16H24N2O2/c1-11(2)20-16-9-14(13-4-6-17-7-5-13)12(3)8-15(16)18-10-19/h8-11,13,17H,4-7H2,1-3H3,(H,18,19). The highest BCUT2D eigenvalue weighted by atomic mass is 16.5. The smallest absolute Gasteiger partial charge is 0.211 e. The summed E-state index contributed by atoms with van der Waals surface area (Å²) in [5.74, 6) is 1.35. The molecule has 20 heavy (non-hydrogen) atoms. The number of hydrogen-bond acceptors (Lipinski definition) is 3. The van der Waals surface area contributed by atoms with Crippen molar-refractivity contribution in [3.63, 3.8) is 0 Å². The summed E-state index contributed by atoms with van der Waals surface area (Å²) in [5.41, 5.74) is 3.32. The number of amides is 1. The van der Waals surface area contributed by atoms with E-state index in [9.17, 15) is 4.79 Å². The summed E-state index contributed by atoms with van der Waals surface area (Å²) in [6, 6.07) is 4.13. The fourth-order valence-electron chi connectivity index (χ4n) is 2.80. The van der Waals surface area contributed by atoms with Crippen LogP contribution in [0.15, 0.2) is 12.1 Å². The first-order valence-corrected chi connectivity index (χ1v) is 7.34. The van der Waals surface area contributed by atoms with E-state index in [1.165, 1.54) is 11.1 Å². The van der Waals surface area contributed by atoms with Crippen LogP contribution in [0.3, 0.4) is 0 Å². The van der Waals surface area contributed by atoms with Gasteiger partial charge in [-0.1, -0.05) is 0 Å². The maximum Gasteiger partial charge on any atom is 0.211 e. The zero-order chi connectivity index (χ0) is 14.5. The molecule has 2 N–H and O–H groups in total. The molecule has 0 radical (unpaired) electrons. The Morgan fingerprint density at radius 1 is 1.35 bits per heavy atom. The number of hydrogen-bond donors (Lipinski definition) is 2. The molecule has 0 aliphatic carbocycles. The molecule has 0 saturated carbocycles. The van der Waals surface area contributed by atoms with Gasteiger partial charge in [0.2, 0.25) is 6.41 Å². The molecule has 1 aliphatic rings. The molecule has 1 fully saturated rings. The van der Waals surface area contributed by atoms with Crippen molar-refractivity contribution >= 4 is 12.1 Å². The summed E-state index contributed by atoms with van der Waals surface area (Å²) < 4.78 is 5.85. The van der Waals surface area contributed by atoms with Gasteiger partial charge in [0, 0.05) is 0 Å². The van der Waals surface area contributed by atoms with Crippen LogP contribution in [-0.2, 0) is 4.79 Å². The van der Waals surface area contributed by atoms with Crippen LogP contribution in [0.25, 0.3) is 0 Å². The van der Waals surface area contributed by atoms with Crippen LogP contribution in [0.4, 0.5) is 5.69 Å².